The number of benzene rings is 1. The van der Waals surface area contributed by atoms with Crippen LogP contribution in [-0.2, 0) is 6.42 Å². The summed E-state index contributed by atoms with van der Waals surface area (Å²) in [4.78, 5) is 0. The zero-order valence-corrected chi connectivity index (χ0v) is 9.54. The van der Waals surface area contributed by atoms with Crippen LogP contribution in [-0.4, -0.2) is 6.04 Å². The van der Waals surface area contributed by atoms with Crippen LogP contribution in [0.3, 0.4) is 0 Å². The molecule has 1 nitrogen and oxygen atoms in total. The topological polar surface area (TPSA) is 26.0 Å². The quantitative estimate of drug-likeness (QED) is 0.795. The highest BCUT2D eigenvalue weighted by Crippen LogP contribution is 2.13. The maximum Gasteiger partial charge on any atom is 0.123 e. The van der Waals surface area contributed by atoms with Gasteiger partial charge in [-0.25, -0.2) is 4.39 Å². The van der Waals surface area contributed by atoms with Gasteiger partial charge >= 0.3 is 0 Å². The van der Waals surface area contributed by atoms with Gasteiger partial charge in [0.15, 0.2) is 0 Å². The molecule has 1 fully saturated rings. The monoisotopic (exact) mass is 209 g/mol. The van der Waals surface area contributed by atoms with Gasteiger partial charge in [0.25, 0.3) is 0 Å². The predicted octanol–water partition coefficient (Wildman–Crippen LogP) is 3.13. The molecule has 2 heteroatoms. The van der Waals surface area contributed by atoms with Gasteiger partial charge < -0.3 is 5.73 Å². The zero-order valence-electron chi connectivity index (χ0n) is 9.54. The van der Waals surface area contributed by atoms with Crippen LogP contribution in [0.4, 0.5) is 4.39 Å². The first-order chi connectivity index (χ1) is 7.08. The molecule has 1 saturated carbocycles. The summed E-state index contributed by atoms with van der Waals surface area (Å²) in [7, 11) is 0. The molecule has 1 aliphatic rings. The second-order valence-corrected chi connectivity index (χ2v) is 4.56. The lowest BCUT2D eigenvalue weighted by atomic mass is 10.0. The Kier molecular flexibility index (Phi) is 4.76. The first-order valence-corrected chi connectivity index (χ1v) is 5.58. The van der Waals surface area contributed by atoms with Crippen LogP contribution in [0.1, 0.15) is 32.3 Å². The molecule has 0 aliphatic heterocycles. The van der Waals surface area contributed by atoms with Gasteiger partial charge in [0.2, 0.25) is 0 Å². The number of hydrogen-bond acceptors (Lipinski definition) is 1. The predicted molar refractivity (Wildman–Crippen MR) is 62.2 cm³/mol. The van der Waals surface area contributed by atoms with Crippen molar-refractivity contribution in [1.82, 2.24) is 0 Å². The molecule has 0 heterocycles. The Balaban J connectivity index is 0.000000234. The molecule has 0 bridgehead atoms. The molecule has 0 atom stereocenters. The van der Waals surface area contributed by atoms with E-state index in [0.29, 0.717) is 12.0 Å². The van der Waals surface area contributed by atoms with E-state index in [4.69, 9.17) is 5.73 Å². The van der Waals surface area contributed by atoms with Gasteiger partial charge in [-0.1, -0.05) is 26.0 Å². The molecule has 0 aromatic heterocycles. The highest BCUT2D eigenvalue weighted by Gasteiger charge is 2.13. The van der Waals surface area contributed by atoms with Gasteiger partial charge in [-0.2, -0.15) is 0 Å². The first kappa shape index (κ1) is 12.2. The molecule has 0 unspecified atom stereocenters. The molecule has 0 amide bonds. The number of halogens is 1. The van der Waals surface area contributed by atoms with E-state index in [1.807, 2.05) is 12.1 Å². The van der Waals surface area contributed by atoms with Crippen LogP contribution in [0.5, 0.6) is 0 Å². The Morgan fingerprint density at radius 2 is 1.73 bits per heavy atom. The Morgan fingerprint density at radius 1 is 1.27 bits per heavy atom. The van der Waals surface area contributed by atoms with E-state index in [1.54, 1.807) is 0 Å². The van der Waals surface area contributed by atoms with Crippen molar-refractivity contribution in [2.24, 2.45) is 11.7 Å². The molecular weight excluding hydrogens is 189 g/mol. The lowest BCUT2D eigenvalue weighted by molar-refractivity contribution is 0.620. The van der Waals surface area contributed by atoms with Crippen molar-refractivity contribution in [3.8, 4) is 0 Å². The van der Waals surface area contributed by atoms with Crippen LogP contribution >= 0.6 is 0 Å². The molecule has 15 heavy (non-hydrogen) atoms. The Labute approximate surface area is 91.5 Å². The zero-order chi connectivity index (χ0) is 11.3. The summed E-state index contributed by atoms with van der Waals surface area (Å²) in [5.41, 5.74) is 6.43. The van der Waals surface area contributed by atoms with E-state index in [-0.39, 0.29) is 5.82 Å². The largest absolute Gasteiger partial charge is 0.328 e. The summed E-state index contributed by atoms with van der Waals surface area (Å²) in [5, 5.41) is 0. The normalized spacial score (nSPS) is 14.7. The van der Waals surface area contributed by atoms with Gasteiger partial charge in [0.05, 0.1) is 0 Å². The average molecular weight is 209 g/mol. The van der Waals surface area contributed by atoms with Crippen LogP contribution in [0.2, 0.25) is 0 Å². The summed E-state index contributed by atoms with van der Waals surface area (Å²) in [5.74, 6) is 0.484. The minimum atomic E-state index is -0.155. The maximum absolute atomic E-state index is 12.4. The fraction of sp³-hybridized carbons (Fsp3) is 0.538. The number of hydrogen-bond donors (Lipinski definition) is 1. The summed E-state index contributed by atoms with van der Waals surface area (Å²) < 4.78 is 12.4. The van der Waals surface area contributed by atoms with Crippen molar-refractivity contribution >= 4 is 0 Å². The van der Waals surface area contributed by atoms with E-state index in [9.17, 15) is 4.39 Å². The summed E-state index contributed by atoms with van der Waals surface area (Å²) in [6, 6.07) is 7.29. The third kappa shape index (κ3) is 6.24. The molecule has 1 aromatic carbocycles. The van der Waals surface area contributed by atoms with E-state index in [2.05, 4.69) is 13.8 Å². The van der Waals surface area contributed by atoms with Gasteiger partial charge in [0.1, 0.15) is 5.82 Å². The maximum atomic E-state index is 12.4. The number of rotatable bonds is 2. The standard InChI is InChI=1S/C10H13F.C3H7N/c1-8(2)7-9-3-5-10(11)6-4-9;4-3-1-2-3/h3-6,8H,7H2,1-2H3;3H,1-2,4H2. The van der Waals surface area contributed by atoms with E-state index < -0.39 is 0 Å². The minimum absolute atomic E-state index is 0.155. The molecule has 0 saturated heterocycles. The van der Waals surface area contributed by atoms with Crippen LogP contribution in [0, 0.1) is 11.7 Å². The van der Waals surface area contributed by atoms with E-state index in [0.717, 1.165) is 6.42 Å². The van der Waals surface area contributed by atoms with Crippen molar-refractivity contribution in [3.05, 3.63) is 35.6 Å². The SMILES string of the molecule is CC(C)Cc1ccc(F)cc1.NC1CC1. The molecule has 2 rings (SSSR count). The smallest absolute Gasteiger partial charge is 0.123 e. The second-order valence-electron chi connectivity index (χ2n) is 4.56. The van der Waals surface area contributed by atoms with Gasteiger partial charge in [0, 0.05) is 6.04 Å². The molecule has 2 N–H and O–H groups in total. The summed E-state index contributed by atoms with van der Waals surface area (Å²) >= 11 is 0. The minimum Gasteiger partial charge on any atom is -0.328 e. The Bertz CT molecular complexity index is 275. The fourth-order valence-corrected chi connectivity index (χ4v) is 1.19. The van der Waals surface area contributed by atoms with Crippen molar-refractivity contribution in [2.45, 2.75) is 39.2 Å². The molecule has 0 spiro atoms. The van der Waals surface area contributed by atoms with Crippen molar-refractivity contribution < 1.29 is 4.39 Å². The molecular formula is C13H20FN. The molecule has 84 valence electrons. The molecule has 1 aliphatic carbocycles. The van der Waals surface area contributed by atoms with Crippen molar-refractivity contribution in [3.63, 3.8) is 0 Å². The second kappa shape index (κ2) is 5.86. The number of nitrogens with two attached hydrogens (primary N) is 1. The van der Waals surface area contributed by atoms with Crippen LogP contribution in [0.15, 0.2) is 24.3 Å². The van der Waals surface area contributed by atoms with Crippen LogP contribution < -0.4 is 5.73 Å². The average Bonchev–Trinajstić information content (AvgIpc) is 2.92. The summed E-state index contributed by atoms with van der Waals surface area (Å²) in [6.45, 7) is 4.31. The van der Waals surface area contributed by atoms with E-state index in [1.165, 1.54) is 30.5 Å². The van der Waals surface area contributed by atoms with Gasteiger partial charge in [-0.15, -0.1) is 0 Å². The molecule has 0 radical (unpaired) electrons. The summed E-state index contributed by atoms with van der Waals surface area (Å²) in [6.07, 6.45) is 3.56. The van der Waals surface area contributed by atoms with Crippen LogP contribution in [0.25, 0.3) is 0 Å². The fourth-order valence-electron chi connectivity index (χ4n) is 1.19. The van der Waals surface area contributed by atoms with E-state index >= 15 is 0 Å². The Morgan fingerprint density at radius 3 is 2.07 bits per heavy atom. The molecule has 1 aromatic rings. The lowest BCUT2D eigenvalue weighted by Gasteiger charge is -2.03. The lowest BCUT2D eigenvalue weighted by Crippen LogP contribution is -1.94. The Hall–Kier alpha value is -0.890. The third-order valence-corrected chi connectivity index (χ3v) is 2.18. The van der Waals surface area contributed by atoms with Gasteiger partial charge in [-0.3, -0.25) is 0 Å². The van der Waals surface area contributed by atoms with Gasteiger partial charge in [-0.05, 0) is 42.9 Å². The third-order valence-electron chi connectivity index (χ3n) is 2.18. The highest BCUT2D eigenvalue weighted by molar-refractivity contribution is 5.16. The highest BCUT2D eigenvalue weighted by atomic mass is 19.1. The first-order valence-electron chi connectivity index (χ1n) is 5.58. The van der Waals surface area contributed by atoms with Crippen molar-refractivity contribution in [1.29, 1.82) is 0 Å². The van der Waals surface area contributed by atoms with Crippen molar-refractivity contribution in [2.75, 3.05) is 0 Å².